The van der Waals surface area contributed by atoms with Gasteiger partial charge >= 0.3 is 6.09 Å². The van der Waals surface area contributed by atoms with Gasteiger partial charge in [0.05, 0.1) is 12.3 Å². The van der Waals surface area contributed by atoms with Gasteiger partial charge in [0.1, 0.15) is 6.61 Å². The van der Waals surface area contributed by atoms with Crippen molar-refractivity contribution < 1.29 is 14.6 Å². The molecule has 92 valence electrons. The molecule has 1 atom stereocenters. The Morgan fingerprint density at radius 2 is 2.29 bits per heavy atom. The molecule has 1 N–H and O–H groups in total. The van der Waals surface area contributed by atoms with Crippen LogP contribution >= 0.6 is 0 Å². The Kier molecular flexibility index (Phi) is 3.64. The zero-order valence-electron chi connectivity index (χ0n) is 9.93. The summed E-state index contributed by atoms with van der Waals surface area (Å²) in [5, 5.41) is 8.68. The van der Waals surface area contributed by atoms with Crippen LogP contribution < -0.4 is 4.90 Å². The number of carbonyl (C=O) groups is 1. The number of aryl methyl sites for hydroxylation is 1. The van der Waals surface area contributed by atoms with Crippen LogP contribution in [0.25, 0.3) is 0 Å². The summed E-state index contributed by atoms with van der Waals surface area (Å²) in [5.41, 5.74) is 2.10. The van der Waals surface area contributed by atoms with Crippen LogP contribution in [0, 0.1) is 0 Å². The Balaban J connectivity index is 2.23. The monoisotopic (exact) mass is 235 g/mol. The maximum absolute atomic E-state index is 11.9. The maximum Gasteiger partial charge on any atom is 0.414 e. The molecule has 4 nitrogen and oxygen atoms in total. The van der Waals surface area contributed by atoms with E-state index in [1.165, 1.54) is 5.56 Å². The Morgan fingerprint density at radius 3 is 3.06 bits per heavy atom. The van der Waals surface area contributed by atoms with Crippen LogP contribution in [0.3, 0.4) is 0 Å². The fourth-order valence-corrected chi connectivity index (χ4v) is 2.17. The lowest BCUT2D eigenvalue weighted by Crippen LogP contribution is -2.42. The number of hydrogen-bond acceptors (Lipinski definition) is 3. The molecule has 2 rings (SSSR count). The number of nitrogens with zero attached hydrogens (tertiary/aromatic N) is 1. The van der Waals surface area contributed by atoms with Gasteiger partial charge in [-0.25, -0.2) is 4.79 Å². The highest BCUT2D eigenvalue weighted by Crippen LogP contribution is 2.30. The van der Waals surface area contributed by atoms with E-state index in [4.69, 9.17) is 9.84 Å². The number of benzene rings is 1. The van der Waals surface area contributed by atoms with Crippen molar-refractivity contribution in [1.29, 1.82) is 0 Å². The highest BCUT2D eigenvalue weighted by Gasteiger charge is 2.28. The van der Waals surface area contributed by atoms with E-state index in [-0.39, 0.29) is 25.3 Å². The summed E-state index contributed by atoms with van der Waals surface area (Å²) in [7, 11) is 0. The number of aliphatic hydroxyl groups is 1. The first-order chi connectivity index (χ1) is 8.24. The van der Waals surface area contributed by atoms with Gasteiger partial charge in [-0.15, -0.1) is 0 Å². The van der Waals surface area contributed by atoms with Crippen molar-refractivity contribution in [3.05, 3.63) is 29.8 Å². The Labute approximate surface area is 101 Å². The second-order valence-electron chi connectivity index (χ2n) is 4.22. The van der Waals surface area contributed by atoms with Gasteiger partial charge in [0.15, 0.2) is 0 Å². The highest BCUT2D eigenvalue weighted by molar-refractivity contribution is 5.89. The largest absolute Gasteiger partial charge is 0.447 e. The Bertz CT molecular complexity index is 405. The smallest absolute Gasteiger partial charge is 0.414 e. The molecule has 17 heavy (non-hydrogen) atoms. The molecule has 0 bridgehead atoms. The minimum atomic E-state index is -0.376. The number of anilines is 1. The minimum Gasteiger partial charge on any atom is -0.447 e. The molecule has 1 aromatic carbocycles. The molecular weight excluding hydrogens is 218 g/mol. The molecule has 0 aliphatic carbocycles. The molecular formula is C13H17NO3. The van der Waals surface area contributed by atoms with Crippen molar-refractivity contribution in [1.82, 2.24) is 0 Å². The number of aliphatic hydroxyl groups excluding tert-OH is 1. The van der Waals surface area contributed by atoms with Gasteiger partial charge in [-0.3, -0.25) is 4.90 Å². The van der Waals surface area contributed by atoms with E-state index in [0.29, 0.717) is 0 Å². The summed E-state index contributed by atoms with van der Waals surface area (Å²) in [5.74, 6) is 0. The lowest BCUT2D eigenvalue weighted by atomic mass is 9.97. The van der Waals surface area contributed by atoms with E-state index in [1.54, 1.807) is 4.90 Å². The van der Waals surface area contributed by atoms with Gasteiger partial charge < -0.3 is 9.84 Å². The van der Waals surface area contributed by atoms with Gasteiger partial charge in [-0.1, -0.05) is 18.2 Å². The molecule has 1 heterocycles. The van der Waals surface area contributed by atoms with Gasteiger partial charge in [-0.2, -0.15) is 0 Å². The third kappa shape index (κ3) is 2.42. The number of para-hydroxylation sites is 1. The van der Waals surface area contributed by atoms with Gasteiger partial charge in [0, 0.05) is 6.04 Å². The fourth-order valence-electron chi connectivity index (χ4n) is 2.17. The van der Waals surface area contributed by atoms with Crippen LogP contribution in [0.2, 0.25) is 0 Å². The molecule has 4 heteroatoms. The van der Waals surface area contributed by atoms with E-state index in [2.05, 4.69) is 0 Å². The average Bonchev–Trinajstić information content (AvgIpc) is 2.35. The first kappa shape index (κ1) is 11.9. The van der Waals surface area contributed by atoms with Gasteiger partial charge in [0.2, 0.25) is 0 Å². The van der Waals surface area contributed by atoms with E-state index in [1.807, 2.05) is 31.2 Å². The first-order valence-corrected chi connectivity index (χ1v) is 5.89. The lowest BCUT2D eigenvalue weighted by Gasteiger charge is -2.34. The average molecular weight is 235 g/mol. The molecule has 1 aromatic rings. The molecule has 0 aromatic heterocycles. The van der Waals surface area contributed by atoms with Gasteiger partial charge in [0.25, 0.3) is 0 Å². The summed E-state index contributed by atoms with van der Waals surface area (Å²) in [4.78, 5) is 13.6. The number of ether oxygens (including phenoxy) is 1. The topological polar surface area (TPSA) is 49.8 Å². The number of rotatable bonds is 2. The van der Waals surface area contributed by atoms with Crippen LogP contribution in [0.1, 0.15) is 18.9 Å². The molecule has 0 spiro atoms. The Hall–Kier alpha value is -1.55. The molecule has 1 aliphatic rings. The summed E-state index contributed by atoms with van der Waals surface area (Å²) in [6.45, 7) is 1.91. The van der Waals surface area contributed by atoms with Crippen molar-refractivity contribution in [2.24, 2.45) is 0 Å². The molecule has 0 saturated heterocycles. The van der Waals surface area contributed by atoms with Crippen molar-refractivity contribution in [2.45, 2.75) is 25.8 Å². The summed E-state index contributed by atoms with van der Waals surface area (Å²) >= 11 is 0. The molecule has 1 aliphatic heterocycles. The van der Waals surface area contributed by atoms with Crippen molar-refractivity contribution in [2.75, 3.05) is 18.1 Å². The SMILES string of the molecule is CC1CCc2ccccc2N1C(=O)OCCO. The molecule has 1 amide bonds. The molecule has 0 radical (unpaired) electrons. The number of carbonyl (C=O) groups excluding carboxylic acids is 1. The van der Waals surface area contributed by atoms with Crippen LogP contribution in [0.4, 0.5) is 10.5 Å². The van der Waals surface area contributed by atoms with Gasteiger partial charge in [-0.05, 0) is 31.4 Å². The quantitative estimate of drug-likeness (QED) is 0.852. The minimum absolute atomic E-state index is 0.0459. The van der Waals surface area contributed by atoms with E-state index in [0.717, 1.165) is 18.5 Å². The zero-order chi connectivity index (χ0) is 12.3. The first-order valence-electron chi connectivity index (χ1n) is 5.89. The summed E-state index contributed by atoms with van der Waals surface area (Å²) in [6.07, 6.45) is 1.55. The Morgan fingerprint density at radius 1 is 1.53 bits per heavy atom. The second-order valence-corrected chi connectivity index (χ2v) is 4.22. The van der Waals surface area contributed by atoms with Crippen molar-refractivity contribution in [3.63, 3.8) is 0 Å². The van der Waals surface area contributed by atoms with Crippen LogP contribution in [-0.4, -0.2) is 30.5 Å². The van der Waals surface area contributed by atoms with E-state index in [9.17, 15) is 4.79 Å². The molecule has 1 unspecified atom stereocenters. The van der Waals surface area contributed by atoms with Crippen LogP contribution in [0.5, 0.6) is 0 Å². The standard InChI is InChI=1S/C13H17NO3/c1-10-6-7-11-4-2-3-5-12(11)14(10)13(16)17-9-8-15/h2-5,10,15H,6-9H2,1H3. The number of hydrogen-bond donors (Lipinski definition) is 1. The van der Waals surface area contributed by atoms with Crippen LogP contribution in [0.15, 0.2) is 24.3 Å². The predicted molar refractivity (Wildman–Crippen MR) is 65.1 cm³/mol. The van der Waals surface area contributed by atoms with Crippen molar-refractivity contribution in [3.8, 4) is 0 Å². The van der Waals surface area contributed by atoms with Crippen molar-refractivity contribution >= 4 is 11.8 Å². The highest BCUT2D eigenvalue weighted by atomic mass is 16.6. The predicted octanol–water partition coefficient (Wildman–Crippen LogP) is 1.96. The molecule has 0 saturated carbocycles. The van der Waals surface area contributed by atoms with Crippen LogP contribution in [-0.2, 0) is 11.2 Å². The third-order valence-corrected chi connectivity index (χ3v) is 3.04. The summed E-state index contributed by atoms with van der Waals surface area (Å²) < 4.78 is 4.99. The number of amides is 1. The lowest BCUT2D eigenvalue weighted by molar-refractivity contribution is 0.123. The zero-order valence-corrected chi connectivity index (χ0v) is 9.93. The maximum atomic E-state index is 11.9. The third-order valence-electron chi connectivity index (χ3n) is 3.04. The normalized spacial score (nSPS) is 18.7. The second kappa shape index (κ2) is 5.19. The van der Waals surface area contributed by atoms with E-state index < -0.39 is 0 Å². The fraction of sp³-hybridized carbons (Fsp3) is 0.462. The number of fused-ring (bicyclic) bond motifs is 1. The molecule has 0 fully saturated rings. The summed E-state index contributed by atoms with van der Waals surface area (Å²) in [6, 6.07) is 8.00. The van der Waals surface area contributed by atoms with E-state index >= 15 is 0 Å².